The Morgan fingerprint density at radius 3 is 2.94 bits per heavy atom. The molecule has 2 N–H and O–H groups in total. The summed E-state index contributed by atoms with van der Waals surface area (Å²) in [7, 11) is 1.61. The molecule has 2 aliphatic heterocycles. The molecule has 2 fully saturated rings. The van der Waals surface area contributed by atoms with E-state index in [1.165, 1.54) is 11.8 Å². The Hall–Kier alpha value is -1.67. The fourth-order valence-electron chi connectivity index (χ4n) is 4.34. The molecule has 0 spiro atoms. The number of carbonyl (C=O) groups is 1. The van der Waals surface area contributed by atoms with Crippen LogP contribution < -0.4 is 10.6 Å². The highest BCUT2D eigenvalue weighted by Gasteiger charge is 2.63. The summed E-state index contributed by atoms with van der Waals surface area (Å²) in [4.78, 5) is 25.6. The van der Waals surface area contributed by atoms with E-state index in [2.05, 4.69) is 54.2 Å². The fourth-order valence-corrected chi connectivity index (χ4v) is 6.65. The first-order chi connectivity index (χ1) is 15.7. The molecular formula is C21H22ClIN6O3S. The summed E-state index contributed by atoms with van der Waals surface area (Å²) < 4.78 is 15.1. The summed E-state index contributed by atoms with van der Waals surface area (Å²) in [6.45, 7) is 4.24. The van der Waals surface area contributed by atoms with E-state index in [1.54, 1.807) is 17.9 Å². The Morgan fingerprint density at radius 2 is 2.18 bits per heavy atom. The van der Waals surface area contributed by atoms with E-state index < -0.39 is 16.8 Å². The molecule has 33 heavy (non-hydrogen) atoms. The number of nitrogens with one attached hydrogen (secondary N) is 2. The lowest BCUT2D eigenvalue weighted by Gasteiger charge is -2.33. The molecule has 1 aromatic carbocycles. The van der Waals surface area contributed by atoms with Gasteiger partial charge in [-0.15, -0.1) is 11.8 Å². The van der Waals surface area contributed by atoms with Crippen molar-refractivity contribution in [2.75, 3.05) is 18.1 Å². The molecule has 174 valence electrons. The zero-order valence-corrected chi connectivity index (χ0v) is 21.9. The normalized spacial score (nSPS) is 25.8. The summed E-state index contributed by atoms with van der Waals surface area (Å²) in [6.07, 6.45) is 0.840. The minimum Gasteiger partial charge on any atom is -0.364 e. The number of likely N-dealkylation sites (N-methyl/N-ethyl adjacent to an activating group) is 1. The summed E-state index contributed by atoms with van der Waals surface area (Å²) in [5.74, 6) is 0.0813. The Balaban J connectivity index is 1.57. The quantitative estimate of drug-likeness (QED) is 0.340. The molecule has 12 heteroatoms. The third-order valence-corrected chi connectivity index (χ3v) is 8.05. The highest BCUT2D eigenvalue weighted by molar-refractivity contribution is 14.1. The molecule has 2 saturated heterocycles. The average molecular weight is 601 g/mol. The Labute approximate surface area is 213 Å². The Morgan fingerprint density at radius 1 is 1.36 bits per heavy atom. The second-order valence-electron chi connectivity index (χ2n) is 8.29. The van der Waals surface area contributed by atoms with Gasteiger partial charge in [-0.05, 0) is 65.7 Å². The van der Waals surface area contributed by atoms with Crippen LogP contribution in [0.25, 0.3) is 11.2 Å². The van der Waals surface area contributed by atoms with E-state index in [0.717, 1.165) is 9.13 Å². The van der Waals surface area contributed by atoms with Gasteiger partial charge in [0.15, 0.2) is 22.8 Å². The van der Waals surface area contributed by atoms with Crippen LogP contribution in [0, 0.1) is 3.57 Å². The van der Waals surface area contributed by atoms with Crippen molar-refractivity contribution in [3.63, 3.8) is 0 Å². The number of halogens is 2. The van der Waals surface area contributed by atoms with Gasteiger partial charge >= 0.3 is 0 Å². The number of aromatic nitrogens is 4. The number of hydrogen-bond donors (Lipinski definition) is 2. The number of carbonyl (C=O) groups excluding carboxylic acids is 1. The molecule has 2 aliphatic rings. The number of ether oxygens (including phenoxy) is 2. The van der Waals surface area contributed by atoms with Crippen molar-refractivity contribution in [1.82, 2.24) is 24.8 Å². The van der Waals surface area contributed by atoms with Gasteiger partial charge in [0.1, 0.15) is 12.2 Å². The van der Waals surface area contributed by atoms with Crippen molar-refractivity contribution >= 4 is 68.8 Å². The summed E-state index contributed by atoms with van der Waals surface area (Å²) >= 11 is 10.0. The number of thioether (sulfide) groups is 1. The number of imidazole rings is 1. The molecule has 4 heterocycles. The molecule has 0 aliphatic carbocycles. The van der Waals surface area contributed by atoms with E-state index in [1.807, 2.05) is 32.0 Å². The van der Waals surface area contributed by atoms with Crippen molar-refractivity contribution in [2.45, 2.75) is 43.3 Å². The summed E-state index contributed by atoms with van der Waals surface area (Å²) in [5.41, 5.74) is 2.07. The van der Waals surface area contributed by atoms with Gasteiger partial charge in [-0.3, -0.25) is 9.36 Å². The standard InChI is InChI=1S/C21H22ClIN6O3S/c1-20(2)31-13-9-33-21(15(13)32-20,18(30)24-3)29-10-26-14-16(27-19(22)28-17(14)29)25-8-11-5-4-6-12(23)7-11/h4-7,10,13,15H,8-9H2,1-3H3,(H,24,30)(H,25,27,28)/t13-,15-,21+/m0/s1. The van der Waals surface area contributed by atoms with Gasteiger partial charge in [-0.25, -0.2) is 4.98 Å². The third kappa shape index (κ3) is 3.97. The highest BCUT2D eigenvalue weighted by atomic mass is 127. The topological polar surface area (TPSA) is 103 Å². The van der Waals surface area contributed by atoms with Gasteiger partial charge < -0.3 is 20.1 Å². The van der Waals surface area contributed by atoms with Gasteiger partial charge in [0.2, 0.25) is 10.2 Å². The number of benzene rings is 1. The fraction of sp³-hybridized carbons (Fsp3) is 0.429. The van der Waals surface area contributed by atoms with Crippen LogP contribution >= 0.6 is 46.0 Å². The molecule has 5 rings (SSSR count). The molecule has 2 aromatic heterocycles. The van der Waals surface area contributed by atoms with E-state index in [4.69, 9.17) is 21.1 Å². The number of anilines is 1. The van der Waals surface area contributed by atoms with Gasteiger partial charge in [0, 0.05) is 22.9 Å². The van der Waals surface area contributed by atoms with Gasteiger partial charge in [0.05, 0.1) is 6.33 Å². The number of nitrogens with zero attached hydrogens (tertiary/aromatic N) is 4. The average Bonchev–Trinajstić information content (AvgIpc) is 3.42. The van der Waals surface area contributed by atoms with Gasteiger partial charge in [-0.1, -0.05) is 12.1 Å². The maximum absolute atomic E-state index is 13.3. The molecule has 9 nitrogen and oxygen atoms in total. The zero-order chi connectivity index (χ0) is 23.4. The van der Waals surface area contributed by atoms with E-state index in [0.29, 0.717) is 29.3 Å². The maximum atomic E-state index is 13.3. The molecule has 1 amide bonds. The number of amides is 1. The molecule has 3 atom stereocenters. The summed E-state index contributed by atoms with van der Waals surface area (Å²) in [5, 5.41) is 6.16. The maximum Gasteiger partial charge on any atom is 0.259 e. The van der Waals surface area contributed by atoms with Crippen LogP contribution in [0.1, 0.15) is 19.4 Å². The highest BCUT2D eigenvalue weighted by Crippen LogP contribution is 2.52. The van der Waals surface area contributed by atoms with Crippen LogP contribution in [0.5, 0.6) is 0 Å². The SMILES string of the molecule is CNC(=O)[C@]1(n2cnc3c(NCc4cccc(I)c4)nc(Cl)nc32)SC[C@@H]2OC(C)(C)O[C@@H]21. The van der Waals surface area contributed by atoms with E-state index in [-0.39, 0.29) is 17.3 Å². The zero-order valence-electron chi connectivity index (χ0n) is 18.1. The minimum absolute atomic E-state index is 0.0601. The number of hydrogen-bond acceptors (Lipinski definition) is 8. The number of rotatable bonds is 5. The molecule has 0 unspecified atom stereocenters. The molecule has 0 radical (unpaired) electrons. The first-order valence-electron chi connectivity index (χ1n) is 10.3. The van der Waals surface area contributed by atoms with Gasteiger partial charge in [0.25, 0.3) is 5.91 Å². The Bertz CT molecular complexity index is 1240. The lowest BCUT2D eigenvalue weighted by molar-refractivity contribution is -0.155. The predicted molar refractivity (Wildman–Crippen MR) is 135 cm³/mol. The van der Waals surface area contributed by atoms with E-state index >= 15 is 0 Å². The molecule has 3 aromatic rings. The smallest absolute Gasteiger partial charge is 0.259 e. The van der Waals surface area contributed by atoms with Crippen molar-refractivity contribution in [1.29, 1.82) is 0 Å². The molecule has 0 saturated carbocycles. The predicted octanol–water partition coefficient (Wildman–Crippen LogP) is 3.36. The van der Waals surface area contributed by atoms with Crippen molar-refractivity contribution in [2.24, 2.45) is 0 Å². The first kappa shape index (κ1) is 23.1. The molecular weight excluding hydrogens is 579 g/mol. The first-order valence-corrected chi connectivity index (χ1v) is 12.8. The van der Waals surface area contributed by atoms with E-state index in [9.17, 15) is 4.79 Å². The molecule has 0 bridgehead atoms. The largest absolute Gasteiger partial charge is 0.364 e. The van der Waals surface area contributed by atoms with Crippen LogP contribution in [0.3, 0.4) is 0 Å². The second-order valence-corrected chi connectivity index (χ2v) is 11.1. The lowest BCUT2D eigenvalue weighted by atomic mass is 10.1. The van der Waals surface area contributed by atoms with Crippen LogP contribution in [-0.4, -0.2) is 56.2 Å². The van der Waals surface area contributed by atoms with Crippen LogP contribution in [0.4, 0.5) is 5.82 Å². The van der Waals surface area contributed by atoms with Crippen LogP contribution in [0.15, 0.2) is 30.6 Å². The van der Waals surface area contributed by atoms with Crippen molar-refractivity contribution < 1.29 is 14.3 Å². The lowest BCUT2D eigenvalue weighted by Crippen LogP contribution is -2.53. The second kappa shape index (κ2) is 8.52. The summed E-state index contributed by atoms with van der Waals surface area (Å²) in [6, 6.07) is 8.15. The van der Waals surface area contributed by atoms with Gasteiger partial charge in [-0.2, -0.15) is 9.97 Å². The number of fused-ring (bicyclic) bond motifs is 2. The monoisotopic (exact) mass is 600 g/mol. The Kier molecular flexibility index (Phi) is 5.96. The third-order valence-electron chi connectivity index (χ3n) is 5.67. The van der Waals surface area contributed by atoms with Crippen molar-refractivity contribution in [3.05, 3.63) is 45.0 Å². The van der Waals surface area contributed by atoms with Crippen molar-refractivity contribution in [3.8, 4) is 0 Å². The van der Waals surface area contributed by atoms with Crippen LogP contribution in [-0.2, 0) is 25.7 Å². The minimum atomic E-state index is -1.15. The van der Waals surface area contributed by atoms with Crippen LogP contribution in [0.2, 0.25) is 5.28 Å².